The lowest BCUT2D eigenvalue weighted by atomic mass is 9.99. The van der Waals surface area contributed by atoms with Crippen molar-refractivity contribution < 1.29 is 23.1 Å². The summed E-state index contributed by atoms with van der Waals surface area (Å²) in [7, 11) is -3.47. The molecule has 0 aliphatic heterocycles. The monoisotopic (exact) mass is 305 g/mol. The van der Waals surface area contributed by atoms with E-state index in [-0.39, 0.29) is 5.92 Å². The number of amides is 1. The summed E-state index contributed by atoms with van der Waals surface area (Å²) in [5.41, 5.74) is 0. The van der Waals surface area contributed by atoms with E-state index in [4.69, 9.17) is 5.11 Å². The highest BCUT2D eigenvalue weighted by molar-refractivity contribution is 7.92. The molecule has 0 saturated heterocycles. The van der Waals surface area contributed by atoms with Crippen LogP contribution in [0, 0.1) is 5.92 Å². The van der Waals surface area contributed by atoms with E-state index in [1.165, 1.54) is 0 Å². The lowest BCUT2D eigenvalue weighted by molar-refractivity contribution is -0.143. The Hall–Kier alpha value is -1.11. The third-order valence-electron chi connectivity index (χ3n) is 3.94. The first kappa shape index (κ1) is 16.9. The minimum absolute atomic E-state index is 0.245. The van der Waals surface area contributed by atoms with E-state index < -0.39 is 38.8 Å². The Bertz CT molecular complexity index is 453. The van der Waals surface area contributed by atoms with Crippen LogP contribution in [-0.2, 0) is 19.4 Å². The third kappa shape index (κ3) is 4.47. The summed E-state index contributed by atoms with van der Waals surface area (Å²) in [5, 5.41) is 11.0. The van der Waals surface area contributed by atoms with Gasteiger partial charge in [0, 0.05) is 0 Å². The molecule has 1 aliphatic carbocycles. The summed E-state index contributed by atoms with van der Waals surface area (Å²) in [6.07, 6.45) is 3.53. The quantitative estimate of drug-likeness (QED) is 0.729. The van der Waals surface area contributed by atoms with Crippen LogP contribution < -0.4 is 5.32 Å². The van der Waals surface area contributed by atoms with Gasteiger partial charge in [0.25, 0.3) is 0 Å². The maximum Gasteiger partial charge on any atom is 0.326 e. The zero-order valence-electron chi connectivity index (χ0n) is 12.0. The highest BCUT2D eigenvalue weighted by Crippen LogP contribution is 2.25. The number of sulfone groups is 1. The van der Waals surface area contributed by atoms with Crippen molar-refractivity contribution in [2.24, 2.45) is 5.92 Å². The van der Waals surface area contributed by atoms with Crippen LogP contribution in [0.2, 0.25) is 0 Å². The molecule has 1 aliphatic rings. The Balaban J connectivity index is 2.63. The molecule has 1 saturated carbocycles. The topological polar surface area (TPSA) is 101 Å². The Morgan fingerprint density at radius 3 is 2.30 bits per heavy atom. The van der Waals surface area contributed by atoms with Gasteiger partial charge < -0.3 is 10.4 Å². The van der Waals surface area contributed by atoms with Gasteiger partial charge in [0.15, 0.2) is 9.84 Å². The Labute approximate surface area is 119 Å². The van der Waals surface area contributed by atoms with Crippen molar-refractivity contribution >= 4 is 21.7 Å². The molecule has 6 nitrogen and oxygen atoms in total. The van der Waals surface area contributed by atoms with Crippen molar-refractivity contribution in [3.05, 3.63) is 0 Å². The molecular weight excluding hydrogens is 282 g/mol. The second kappa shape index (κ2) is 7.06. The number of aliphatic carboxylic acids is 1. The molecule has 0 bridgehead atoms. The zero-order chi connectivity index (χ0) is 15.3. The number of nitrogens with one attached hydrogen (secondary N) is 1. The number of carboxylic acid groups (broad SMARTS) is 1. The van der Waals surface area contributed by atoms with Crippen LogP contribution in [0.1, 0.15) is 46.0 Å². The van der Waals surface area contributed by atoms with Crippen molar-refractivity contribution in [3.8, 4) is 0 Å². The Kier molecular flexibility index (Phi) is 5.98. The molecule has 1 fully saturated rings. The maximum atomic E-state index is 12.0. The number of carbonyl (C=O) groups excluding carboxylic acids is 1. The van der Waals surface area contributed by atoms with Gasteiger partial charge in [0.1, 0.15) is 11.8 Å². The minimum atomic E-state index is -3.47. The summed E-state index contributed by atoms with van der Waals surface area (Å²) in [6, 6.07) is -1.04. The zero-order valence-corrected chi connectivity index (χ0v) is 12.8. The van der Waals surface area contributed by atoms with Crippen LogP contribution >= 0.6 is 0 Å². The standard InChI is InChI=1S/C13H23NO5S/c1-3-9(2)12(13(16)17)14-11(15)8-20(18,19)10-6-4-5-7-10/h9-10,12H,3-8H2,1-2H3,(H,14,15)(H,16,17). The first-order valence-corrected chi connectivity index (χ1v) is 8.73. The minimum Gasteiger partial charge on any atom is -0.480 e. The third-order valence-corrected chi connectivity index (χ3v) is 6.09. The summed E-state index contributed by atoms with van der Waals surface area (Å²) in [4.78, 5) is 22.9. The van der Waals surface area contributed by atoms with E-state index in [1.54, 1.807) is 6.92 Å². The molecule has 0 aromatic carbocycles. The smallest absolute Gasteiger partial charge is 0.326 e. The van der Waals surface area contributed by atoms with Crippen molar-refractivity contribution in [3.63, 3.8) is 0 Å². The Morgan fingerprint density at radius 1 is 1.30 bits per heavy atom. The van der Waals surface area contributed by atoms with Gasteiger partial charge in [-0.15, -0.1) is 0 Å². The summed E-state index contributed by atoms with van der Waals surface area (Å²) >= 11 is 0. The highest BCUT2D eigenvalue weighted by Gasteiger charge is 2.32. The first-order chi connectivity index (χ1) is 9.27. The van der Waals surface area contributed by atoms with Crippen LogP contribution in [0.3, 0.4) is 0 Å². The first-order valence-electron chi connectivity index (χ1n) is 7.01. The summed E-state index contributed by atoms with van der Waals surface area (Å²) < 4.78 is 24.1. The predicted molar refractivity (Wildman–Crippen MR) is 75.1 cm³/mol. The molecule has 0 radical (unpaired) electrons. The van der Waals surface area contributed by atoms with E-state index in [9.17, 15) is 18.0 Å². The summed E-state index contributed by atoms with van der Waals surface area (Å²) in [6.45, 7) is 3.53. The SMILES string of the molecule is CCC(C)C(NC(=O)CS(=O)(=O)C1CCCC1)C(=O)O. The van der Waals surface area contributed by atoms with E-state index in [2.05, 4.69) is 5.32 Å². The van der Waals surface area contributed by atoms with Crippen LogP contribution in [0.4, 0.5) is 0 Å². The molecule has 1 rings (SSSR count). The number of carbonyl (C=O) groups is 2. The molecule has 116 valence electrons. The van der Waals surface area contributed by atoms with Gasteiger partial charge in [0.2, 0.25) is 5.91 Å². The van der Waals surface area contributed by atoms with E-state index >= 15 is 0 Å². The molecule has 7 heteroatoms. The van der Waals surface area contributed by atoms with Crippen molar-refractivity contribution in [1.29, 1.82) is 0 Å². The average Bonchev–Trinajstić information content (AvgIpc) is 2.88. The molecule has 2 atom stereocenters. The lowest BCUT2D eigenvalue weighted by Gasteiger charge is -2.20. The number of hydrogen-bond donors (Lipinski definition) is 2. The van der Waals surface area contributed by atoms with Crippen molar-refractivity contribution in [1.82, 2.24) is 5.32 Å². The number of hydrogen-bond acceptors (Lipinski definition) is 4. The van der Waals surface area contributed by atoms with Crippen molar-refractivity contribution in [2.45, 2.75) is 57.2 Å². The predicted octanol–water partition coefficient (Wildman–Crippen LogP) is 0.959. The van der Waals surface area contributed by atoms with Gasteiger partial charge in [-0.25, -0.2) is 13.2 Å². The molecule has 0 aromatic heterocycles. The number of rotatable bonds is 7. The van der Waals surface area contributed by atoms with Crippen LogP contribution in [0.25, 0.3) is 0 Å². The molecule has 20 heavy (non-hydrogen) atoms. The van der Waals surface area contributed by atoms with Gasteiger partial charge in [-0.1, -0.05) is 33.1 Å². The van der Waals surface area contributed by atoms with Crippen LogP contribution in [-0.4, -0.2) is 42.4 Å². The van der Waals surface area contributed by atoms with Crippen molar-refractivity contribution in [2.75, 3.05) is 5.75 Å². The fraction of sp³-hybridized carbons (Fsp3) is 0.846. The van der Waals surface area contributed by atoms with E-state index in [0.29, 0.717) is 19.3 Å². The number of carboxylic acids is 1. The van der Waals surface area contributed by atoms with Gasteiger partial charge in [0.05, 0.1) is 5.25 Å². The molecule has 2 unspecified atom stereocenters. The summed E-state index contributed by atoms with van der Waals surface area (Å²) in [5.74, 6) is -2.71. The van der Waals surface area contributed by atoms with Crippen LogP contribution in [0.15, 0.2) is 0 Å². The highest BCUT2D eigenvalue weighted by atomic mass is 32.2. The Morgan fingerprint density at radius 2 is 1.85 bits per heavy atom. The molecule has 2 N–H and O–H groups in total. The van der Waals surface area contributed by atoms with E-state index in [0.717, 1.165) is 12.8 Å². The second-order valence-electron chi connectivity index (χ2n) is 5.48. The molecule has 0 heterocycles. The molecule has 0 aromatic rings. The second-order valence-corrected chi connectivity index (χ2v) is 7.76. The largest absolute Gasteiger partial charge is 0.480 e. The van der Waals surface area contributed by atoms with Gasteiger partial charge in [-0.2, -0.15) is 0 Å². The fourth-order valence-electron chi connectivity index (χ4n) is 2.45. The fourth-order valence-corrected chi connectivity index (χ4v) is 4.18. The van der Waals surface area contributed by atoms with Crippen LogP contribution in [0.5, 0.6) is 0 Å². The molecular formula is C13H23NO5S. The average molecular weight is 305 g/mol. The van der Waals surface area contributed by atoms with Gasteiger partial charge >= 0.3 is 5.97 Å². The van der Waals surface area contributed by atoms with Gasteiger partial charge in [-0.3, -0.25) is 4.79 Å². The molecule has 0 spiro atoms. The molecule has 1 amide bonds. The lowest BCUT2D eigenvalue weighted by Crippen LogP contribution is -2.47. The van der Waals surface area contributed by atoms with E-state index in [1.807, 2.05) is 6.92 Å². The normalized spacial score (nSPS) is 19.5. The van der Waals surface area contributed by atoms with Gasteiger partial charge in [-0.05, 0) is 18.8 Å². The maximum absolute atomic E-state index is 12.0.